The summed E-state index contributed by atoms with van der Waals surface area (Å²) in [7, 11) is 0. The maximum atomic E-state index is 12.9. The lowest BCUT2D eigenvalue weighted by molar-refractivity contribution is 0.277. The maximum absolute atomic E-state index is 12.9. The molecule has 5 heteroatoms. The van der Waals surface area contributed by atoms with Crippen molar-refractivity contribution in [3.63, 3.8) is 0 Å². The molecule has 0 atom stereocenters. The molecule has 3 nitrogen and oxygen atoms in total. The SMILES string of the molecule is OCc1cnc(Cc2cc(F)cc(F)c2)[nH]1. The van der Waals surface area contributed by atoms with E-state index >= 15 is 0 Å². The Balaban J connectivity index is 2.19. The Hall–Kier alpha value is -1.75. The number of hydrogen-bond acceptors (Lipinski definition) is 2. The summed E-state index contributed by atoms with van der Waals surface area (Å²) in [5.74, 6) is -0.651. The highest BCUT2D eigenvalue weighted by molar-refractivity contribution is 5.21. The van der Waals surface area contributed by atoms with Crippen LogP contribution in [-0.4, -0.2) is 15.1 Å². The van der Waals surface area contributed by atoms with Gasteiger partial charge >= 0.3 is 0 Å². The van der Waals surface area contributed by atoms with Gasteiger partial charge in [0.2, 0.25) is 0 Å². The van der Waals surface area contributed by atoms with Gasteiger partial charge in [0.1, 0.15) is 17.5 Å². The summed E-state index contributed by atoms with van der Waals surface area (Å²) in [6, 6.07) is 3.33. The first-order chi connectivity index (χ1) is 7.67. The van der Waals surface area contributed by atoms with Crippen LogP contribution in [0.1, 0.15) is 17.1 Å². The van der Waals surface area contributed by atoms with E-state index in [1.54, 1.807) is 0 Å². The predicted octanol–water partition coefficient (Wildman–Crippen LogP) is 1.77. The number of nitrogens with one attached hydrogen (secondary N) is 1. The van der Waals surface area contributed by atoms with Crippen molar-refractivity contribution in [3.8, 4) is 0 Å². The molecule has 0 amide bonds. The molecule has 1 heterocycles. The minimum absolute atomic E-state index is 0.134. The Labute approximate surface area is 90.8 Å². The van der Waals surface area contributed by atoms with Gasteiger partial charge in [-0.2, -0.15) is 0 Å². The third-order valence-electron chi connectivity index (χ3n) is 2.15. The fourth-order valence-corrected chi connectivity index (χ4v) is 1.48. The molecular formula is C11H10F2N2O. The number of aliphatic hydroxyl groups is 1. The standard InChI is InChI=1S/C11H10F2N2O/c12-8-1-7(2-9(13)4-8)3-11-14-5-10(6-16)15-11/h1-2,4-5,16H,3,6H2,(H,14,15). The van der Waals surface area contributed by atoms with Crippen LogP contribution < -0.4 is 0 Å². The first-order valence-electron chi connectivity index (χ1n) is 4.76. The smallest absolute Gasteiger partial charge is 0.126 e. The molecule has 0 aliphatic rings. The van der Waals surface area contributed by atoms with E-state index in [0.717, 1.165) is 6.07 Å². The minimum atomic E-state index is -0.607. The van der Waals surface area contributed by atoms with Gasteiger partial charge in [0.15, 0.2) is 0 Å². The average molecular weight is 224 g/mol. The van der Waals surface area contributed by atoms with Crippen molar-refractivity contribution in [2.24, 2.45) is 0 Å². The van der Waals surface area contributed by atoms with E-state index < -0.39 is 11.6 Å². The van der Waals surface area contributed by atoms with E-state index in [9.17, 15) is 8.78 Å². The third-order valence-corrected chi connectivity index (χ3v) is 2.15. The molecule has 0 aliphatic heterocycles. The highest BCUT2D eigenvalue weighted by Gasteiger charge is 2.04. The Kier molecular flexibility index (Phi) is 2.96. The average Bonchev–Trinajstić information content (AvgIpc) is 2.64. The molecule has 2 rings (SSSR count). The summed E-state index contributed by atoms with van der Waals surface area (Å²) in [5, 5.41) is 8.81. The fraction of sp³-hybridized carbons (Fsp3) is 0.182. The number of H-pyrrole nitrogens is 1. The van der Waals surface area contributed by atoms with Crippen LogP contribution in [0.5, 0.6) is 0 Å². The molecular weight excluding hydrogens is 214 g/mol. The molecule has 16 heavy (non-hydrogen) atoms. The number of nitrogens with zero attached hydrogens (tertiary/aromatic N) is 1. The quantitative estimate of drug-likeness (QED) is 0.834. The first-order valence-corrected chi connectivity index (χ1v) is 4.76. The molecule has 0 fully saturated rings. The van der Waals surface area contributed by atoms with Crippen molar-refractivity contribution in [1.82, 2.24) is 9.97 Å². The van der Waals surface area contributed by atoms with E-state index in [-0.39, 0.29) is 6.61 Å². The van der Waals surface area contributed by atoms with E-state index in [0.29, 0.717) is 23.5 Å². The van der Waals surface area contributed by atoms with Crippen molar-refractivity contribution >= 4 is 0 Å². The number of aliphatic hydroxyl groups excluding tert-OH is 1. The zero-order valence-electron chi connectivity index (χ0n) is 8.37. The molecule has 84 valence electrons. The van der Waals surface area contributed by atoms with Gasteiger partial charge < -0.3 is 10.1 Å². The second-order valence-corrected chi connectivity index (χ2v) is 3.47. The van der Waals surface area contributed by atoms with E-state index in [2.05, 4.69) is 9.97 Å². The molecule has 2 N–H and O–H groups in total. The van der Waals surface area contributed by atoms with Crippen molar-refractivity contribution in [2.75, 3.05) is 0 Å². The highest BCUT2D eigenvalue weighted by Crippen LogP contribution is 2.11. The van der Waals surface area contributed by atoms with Crippen LogP contribution in [0.2, 0.25) is 0 Å². The van der Waals surface area contributed by atoms with E-state index in [1.165, 1.54) is 18.3 Å². The minimum Gasteiger partial charge on any atom is -0.390 e. The topological polar surface area (TPSA) is 48.9 Å². The van der Waals surface area contributed by atoms with Gasteiger partial charge in [0.25, 0.3) is 0 Å². The predicted molar refractivity (Wildman–Crippen MR) is 53.7 cm³/mol. The highest BCUT2D eigenvalue weighted by atomic mass is 19.1. The molecule has 0 unspecified atom stereocenters. The van der Waals surface area contributed by atoms with Crippen LogP contribution in [0.4, 0.5) is 8.78 Å². The van der Waals surface area contributed by atoms with Crippen molar-refractivity contribution in [1.29, 1.82) is 0 Å². The number of benzene rings is 1. The number of hydrogen-bond donors (Lipinski definition) is 2. The van der Waals surface area contributed by atoms with Gasteiger partial charge in [0, 0.05) is 12.5 Å². The van der Waals surface area contributed by atoms with Crippen LogP contribution in [0.15, 0.2) is 24.4 Å². The van der Waals surface area contributed by atoms with Crippen molar-refractivity contribution < 1.29 is 13.9 Å². The van der Waals surface area contributed by atoms with Crippen LogP contribution in [0, 0.1) is 11.6 Å². The van der Waals surface area contributed by atoms with Crippen LogP contribution >= 0.6 is 0 Å². The van der Waals surface area contributed by atoms with Gasteiger partial charge in [-0.1, -0.05) is 0 Å². The zero-order chi connectivity index (χ0) is 11.5. The maximum Gasteiger partial charge on any atom is 0.126 e. The van der Waals surface area contributed by atoms with Gasteiger partial charge in [-0.05, 0) is 17.7 Å². The first kappa shape index (κ1) is 10.8. The largest absolute Gasteiger partial charge is 0.390 e. The summed E-state index contributed by atoms with van der Waals surface area (Å²) < 4.78 is 25.8. The number of rotatable bonds is 3. The van der Waals surface area contributed by atoms with Crippen molar-refractivity contribution in [3.05, 3.63) is 53.1 Å². The summed E-state index contributed by atoms with van der Waals surface area (Å²) >= 11 is 0. The molecule has 0 bridgehead atoms. The number of halogens is 2. The van der Waals surface area contributed by atoms with Gasteiger partial charge in [-0.25, -0.2) is 13.8 Å². The van der Waals surface area contributed by atoms with Crippen LogP contribution in [0.3, 0.4) is 0 Å². The number of imidazole rings is 1. The Morgan fingerprint density at radius 3 is 2.44 bits per heavy atom. The Morgan fingerprint density at radius 2 is 1.88 bits per heavy atom. The van der Waals surface area contributed by atoms with Gasteiger partial charge in [0.05, 0.1) is 18.5 Å². The summed E-state index contributed by atoms with van der Waals surface area (Å²) in [4.78, 5) is 6.83. The van der Waals surface area contributed by atoms with Crippen LogP contribution in [0.25, 0.3) is 0 Å². The third kappa shape index (κ3) is 2.43. The van der Waals surface area contributed by atoms with Gasteiger partial charge in [-0.3, -0.25) is 0 Å². The Morgan fingerprint density at radius 1 is 1.19 bits per heavy atom. The molecule has 0 aliphatic carbocycles. The summed E-state index contributed by atoms with van der Waals surface area (Å²) in [6.45, 7) is -0.134. The molecule has 0 radical (unpaired) electrons. The normalized spacial score (nSPS) is 10.7. The number of aromatic amines is 1. The lowest BCUT2D eigenvalue weighted by Crippen LogP contribution is -1.94. The molecule has 0 saturated heterocycles. The van der Waals surface area contributed by atoms with Crippen molar-refractivity contribution in [2.45, 2.75) is 13.0 Å². The molecule has 2 aromatic rings. The fourth-order valence-electron chi connectivity index (χ4n) is 1.48. The Bertz CT molecular complexity index is 476. The van der Waals surface area contributed by atoms with E-state index in [4.69, 9.17) is 5.11 Å². The lowest BCUT2D eigenvalue weighted by atomic mass is 10.1. The molecule has 0 spiro atoms. The second-order valence-electron chi connectivity index (χ2n) is 3.47. The monoisotopic (exact) mass is 224 g/mol. The molecule has 1 aromatic heterocycles. The van der Waals surface area contributed by atoms with Crippen LogP contribution in [-0.2, 0) is 13.0 Å². The zero-order valence-corrected chi connectivity index (χ0v) is 8.37. The summed E-state index contributed by atoms with van der Waals surface area (Å²) in [6.07, 6.45) is 1.79. The second kappa shape index (κ2) is 4.40. The molecule has 1 aromatic carbocycles. The molecule has 0 saturated carbocycles. The van der Waals surface area contributed by atoms with E-state index in [1.807, 2.05) is 0 Å². The number of aromatic nitrogens is 2. The van der Waals surface area contributed by atoms with Gasteiger partial charge in [-0.15, -0.1) is 0 Å². The summed E-state index contributed by atoms with van der Waals surface area (Å²) in [5.41, 5.74) is 1.07. The lowest BCUT2D eigenvalue weighted by Gasteiger charge is -1.99.